The fraction of sp³-hybridized carbons (Fsp3) is 0.355. The van der Waals surface area contributed by atoms with Crippen molar-refractivity contribution in [2.24, 2.45) is 0 Å². The Labute approximate surface area is 253 Å². The number of carbonyl (C=O) groups excluding carboxylic acids is 2. The molecular weight excluding hydrogens is 581 g/mol. The minimum atomic E-state index is -3.88. The number of carbonyl (C=O) groups is 2. The predicted octanol–water partition coefficient (Wildman–Crippen LogP) is 5.93. The van der Waals surface area contributed by atoms with Crippen LogP contribution in [-0.2, 0) is 32.6 Å². The van der Waals surface area contributed by atoms with Crippen LogP contribution < -0.4 is 9.62 Å². The monoisotopic (exact) mass is 617 g/mol. The second kappa shape index (κ2) is 13.3. The molecule has 2 amide bonds. The van der Waals surface area contributed by atoms with E-state index in [2.05, 4.69) is 5.32 Å². The summed E-state index contributed by atoms with van der Waals surface area (Å²) in [5.41, 5.74) is 2.55. The molecule has 220 valence electrons. The van der Waals surface area contributed by atoms with E-state index >= 15 is 0 Å². The molecule has 0 fully saturated rings. The first-order valence-electron chi connectivity index (χ1n) is 13.2. The molecule has 10 heteroatoms. The fourth-order valence-corrected chi connectivity index (χ4v) is 6.12. The van der Waals surface area contributed by atoms with E-state index in [4.69, 9.17) is 23.2 Å². The lowest BCUT2D eigenvalue weighted by molar-refractivity contribution is -0.140. The number of amides is 2. The maximum Gasteiger partial charge on any atom is 0.244 e. The first kappa shape index (κ1) is 32.4. The first-order chi connectivity index (χ1) is 19.1. The van der Waals surface area contributed by atoms with E-state index in [1.165, 1.54) is 4.90 Å². The van der Waals surface area contributed by atoms with Gasteiger partial charge in [0.1, 0.15) is 12.6 Å². The molecule has 0 radical (unpaired) electrons. The standard InChI is InChI=1S/C31H37Cl2N3O4S/c1-21-12-10-13-22(2)29(21)36(41(6,39)40)20-28(37)35(19-24-25(32)16-11-17-26(24)33)27(30(38)34-31(3,4)5)18-23-14-8-7-9-15-23/h7-17,27H,18-20H2,1-6H3,(H,34,38)/t27-/m1/s1. The molecular formula is C31H37Cl2N3O4S. The molecule has 0 aliphatic rings. The van der Waals surface area contributed by atoms with Crippen LogP contribution in [0.3, 0.4) is 0 Å². The summed E-state index contributed by atoms with van der Waals surface area (Å²) in [4.78, 5) is 29.5. The van der Waals surface area contributed by atoms with E-state index in [9.17, 15) is 18.0 Å². The van der Waals surface area contributed by atoms with Gasteiger partial charge in [0.2, 0.25) is 21.8 Å². The number of nitrogens with zero attached hydrogens (tertiary/aromatic N) is 2. The predicted molar refractivity (Wildman–Crippen MR) is 167 cm³/mol. The Morgan fingerprint density at radius 1 is 0.878 bits per heavy atom. The van der Waals surface area contributed by atoms with Gasteiger partial charge < -0.3 is 10.2 Å². The fourth-order valence-electron chi connectivity index (χ4n) is 4.64. The molecule has 0 unspecified atom stereocenters. The average molecular weight is 619 g/mol. The van der Waals surface area contributed by atoms with Crippen molar-refractivity contribution < 1.29 is 18.0 Å². The van der Waals surface area contributed by atoms with E-state index in [1.807, 2.05) is 57.2 Å². The Bertz CT molecular complexity index is 1460. The largest absolute Gasteiger partial charge is 0.350 e. The molecule has 3 rings (SSSR count). The Morgan fingerprint density at radius 3 is 1.93 bits per heavy atom. The number of hydrogen-bond acceptors (Lipinski definition) is 4. The van der Waals surface area contributed by atoms with Crippen LogP contribution in [0.15, 0.2) is 66.7 Å². The van der Waals surface area contributed by atoms with Crippen LogP contribution in [0.2, 0.25) is 10.0 Å². The van der Waals surface area contributed by atoms with Gasteiger partial charge in [-0.25, -0.2) is 8.42 Å². The number of para-hydroxylation sites is 1. The molecule has 41 heavy (non-hydrogen) atoms. The number of halogens is 2. The second-order valence-electron chi connectivity index (χ2n) is 11.2. The van der Waals surface area contributed by atoms with Gasteiger partial charge in [-0.15, -0.1) is 0 Å². The van der Waals surface area contributed by atoms with Crippen LogP contribution in [0, 0.1) is 13.8 Å². The van der Waals surface area contributed by atoms with Gasteiger partial charge in [0.05, 0.1) is 11.9 Å². The van der Waals surface area contributed by atoms with Crippen molar-refractivity contribution in [1.82, 2.24) is 10.2 Å². The summed E-state index contributed by atoms with van der Waals surface area (Å²) >= 11 is 13.0. The summed E-state index contributed by atoms with van der Waals surface area (Å²) in [7, 11) is -3.88. The van der Waals surface area contributed by atoms with Crippen molar-refractivity contribution >= 4 is 50.7 Å². The molecule has 3 aromatic rings. The highest BCUT2D eigenvalue weighted by atomic mass is 35.5. The number of anilines is 1. The molecule has 0 heterocycles. The molecule has 0 aliphatic heterocycles. The highest BCUT2D eigenvalue weighted by molar-refractivity contribution is 7.92. The van der Waals surface area contributed by atoms with Gasteiger partial charge in [-0.3, -0.25) is 13.9 Å². The number of benzene rings is 3. The molecule has 0 bridgehead atoms. The van der Waals surface area contributed by atoms with Crippen molar-refractivity contribution in [3.05, 3.63) is 99.0 Å². The first-order valence-corrected chi connectivity index (χ1v) is 15.8. The van der Waals surface area contributed by atoms with Crippen molar-refractivity contribution in [1.29, 1.82) is 0 Å². The van der Waals surface area contributed by atoms with Crippen molar-refractivity contribution in [3.8, 4) is 0 Å². The SMILES string of the molecule is Cc1cccc(C)c1N(CC(=O)N(Cc1c(Cl)cccc1Cl)[C@H](Cc1ccccc1)C(=O)NC(C)(C)C)S(C)(=O)=O. The number of hydrogen-bond donors (Lipinski definition) is 1. The van der Waals surface area contributed by atoms with Crippen molar-refractivity contribution in [2.45, 2.75) is 59.2 Å². The van der Waals surface area contributed by atoms with Gasteiger partial charge in [-0.1, -0.05) is 77.8 Å². The van der Waals surface area contributed by atoms with Crippen LogP contribution in [-0.4, -0.2) is 49.5 Å². The molecule has 0 aromatic heterocycles. The van der Waals surface area contributed by atoms with Gasteiger partial charge in [0, 0.05) is 34.1 Å². The summed E-state index contributed by atoms with van der Waals surface area (Å²) in [6.07, 6.45) is 1.26. The number of rotatable bonds is 10. The Balaban J connectivity index is 2.16. The molecule has 1 N–H and O–H groups in total. The zero-order chi connectivity index (χ0) is 30.5. The normalized spacial score (nSPS) is 12.5. The zero-order valence-corrected chi connectivity index (χ0v) is 26.6. The summed E-state index contributed by atoms with van der Waals surface area (Å²) < 4.78 is 27.3. The quantitative estimate of drug-likeness (QED) is 0.305. The van der Waals surface area contributed by atoms with Gasteiger partial charge in [-0.05, 0) is 63.4 Å². The third-order valence-electron chi connectivity index (χ3n) is 6.53. The van der Waals surface area contributed by atoms with E-state index < -0.39 is 34.1 Å². The number of nitrogens with one attached hydrogen (secondary N) is 1. The average Bonchev–Trinajstić information content (AvgIpc) is 2.85. The topological polar surface area (TPSA) is 86.8 Å². The van der Waals surface area contributed by atoms with Gasteiger partial charge in [0.25, 0.3) is 0 Å². The lowest BCUT2D eigenvalue weighted by atomic mass is 10.0. The third kappa shape index (κ3) is 8.71. The Kier molecular flexibility index (Phi) is 10.5. The van der Waals surface area contributed by atoms with E-state index in [1.54, 1.807) is 44.2 Å². The van der Waals surface area contributed by atoms with Crippen LogP contribution in [0.4, 0.5) is 5.69 Å². The molecule has 7 nitrogen and oxygen atoms in total. The molecule has 0 saturated heterocycles. The minimum absolute atomic E-state index is 0.100. The summed E-state index contributed by atoms with van der Waals surface area (Å²) in [6.45, 7) is 8.54. The highest BCUT2D eigenvalue weighted by Crippen LogP contribution is 2.30. The van der Waals surface area contributed by atoms with Crippen LogP contribution >= 0.6 is 23.2 Å². The van der Waals surface area contributed by atoms with E-state index in [-0.39, 0.29) is 18.9 Å². The van der Waals surface area contributed by atoms with E-state index in [0.29, 0.717) is 32.4 Å². The summed E-state index contributed by atoms with van der Waals surface area (Å²) in [5, 5.41) is 3.66. The van der Waals surface area contributed by atoms with Crippen LogP contribution in [0.25, 0.3) is 0 Å². The summed E-state index contributed by atoms with van der Waals surface area (Å²) in [6, 6.07) is 18.8. The zero-order valence-electron chi connectivity index (χ0n) is 24.2. The lowest BCUT2D eigenvalue weighted by Gasteiger charge is -2.35. The molecule has 0 saturated carbocycles. The number of aryl methyl sites for hydroxylation is 2. The number of sulfonamides is 1. The molecule has 0 spiro atoms. The maximum atomic E-state index is 14.3. The third-order valence-corrected chi connectivity index (χ3v) is 8.35. The van der Waals surface area contributed by atoms with Crippen molar-refractivity contribution in [2.75, 3.05) is 17.1 Å². The Hall–Kier alpha value is -3.07. The maximum absolute atomic E-state index is 14.3. The van der Waals surface area contributed by atoms with Gasteiger partial charge >= 0.3 is 0 Å². The van der Waals surface area contributed by atoms with Crippen LogP contribution in [0.5, 0.6) is 0 Å². The van der Waals surface area contributed by atoms with E-state index in [0.717, 1.165) is 16.1 Å². The smallest absolute Gasteiger partial charge is 0.244 e. The summed E-state index contributed by atoms with van der Waals surface area (Å²) in [5.74, 6) is -0.949. The molecule has 3 aromatic carbocycles. The second-order valence-corrected chi connectivity index (χ2v) is 13.9. The lowest BCUT2D eigenvalue weighted by Crippen LogP contribution is -2.56. The Morgan fingerprint density at radius 2 is 1.41 bits per heavy atom. The molecule has 0 aliphatic carbocycles. The van der Waals surface area contributed by atoms with Gasteiger partial charge in [-0.2, -0.15) is 0 Å². The molecule has 1 atom stereocenters. The highest BCUT2D eigenvalue weighted by Gasteiger charge is 2.35. The van der Waals surface area contributed by atoms with Crippen molar-refractivity contribution in [3.63, 3.8) is 0 Å². The van der Waals surface area contributed by atoms with Crippen LogP contribution in [0.1, 0.15) is 43.0 Å². The van der Waals surface area contributed by atoms with Gasteiger partial charge in [0.15, 0.2) is 0 Å². The minimum Gasteiger partial charge on any atom is -0.350 e.